The molecule has 16 heavy (non-hydrogen) atoms. The molecule has 5 nitrogen and oxygen atoms in total. The molecule has 2 N–H and O–H groups in total. The fraction of sp³-hybridized carbons (Fsp3) is 0.818. The van der Waals surface area contributed by atoms with E-state index >= 15 is 0 Å². The average Bonchev–Trinajstić information content (AvgIpc) is 2.63. The van der Waals surface area contributed by atoms with Gasteiger partial charge in [0.05, 0.1) is 18.6 Å². The summed E-state index contributed by atoms with van der Waals surface area (Å²) in [6.07, 6.45) is 0.777. The number of hydrogen-bond acceptors (Lipinski definition) is 4. The molecule has 0 aliphatic carbocycles. The molecule has 0 aromatic heterocycles. The summed E-state index contributed by atoms with van der Waals surface area (Å²) in [5.74, 6) is -0.447. The molecule has 1 fully saturated rings. The Hall–Kier alpha value is -1.10. The van der Waals surface area contributed by atoms with Gasteiger partial charge >= 0.3 is 5.97 Å². The van der Waals surface area contributed by atoms with E-state index in [1.54, 1.807) is 6.92 Å². The summed E-state index contributed by atoms with van der Waals surface area (Å²) in [6, 6.07) is -0.236. The van der Waals surface area contributed by atoms with Gasteiger partial charge in [-0.15, -0.1) is 0 Å². The Bertz CT molecular complexity index is 268. The molecule has 0 unspecified atom stereocenters. The molecule has 92 valence electrons. The molecule has 0 aromatic carbocycles. The largest absolute Gasteiger partial charge is 0.466 e. The van der Waals surface area contributed by atoms with Crippen LogP contribution in [0.2, 0.25) is 0 Å². The van der Waals surface area contributed by atoms with Gasteiger partial charge in [-0.05, 0) is 20.3 Å². The molecule has 1 saturated heterocycles. The molecule has 0 bridgehead atoms. The van der Waals surface area contributed by atoms with E-state index in [-0.39, 0.29) is 29.9 Å². The summed E-state index contributed by atoms with van der Waals surface area (Å²) in [5, 5.41) is 5.91. The van der Waals surface area contributed by atoms with E-state index in [0.717, 1.165) is 6.42 Å². The fourth-order valence-electron chi connectivity index (χ4n) is 1.69. The van der Waals surface area contributed by atoms with E-state index in [1.807, 2.05) is 13.8 Å². The lowest BCUT2D eigenvalue weighted by Gasteiger charge is -2.22. The van der Waals surface area contributed by atoms with E-state index in [2.05, 4.69) is 10.6 Å². The number of amides is 1. The second kappa shape index (κ2) is 5.84. The number of esters is 1. The van der Waals surface area contributed by atoms with Gasteiger partial charge in [-0.1, -0.05) is 6.92 Å². The zero-order valence-electron chi connectivity index (χ0n) is 10.1. The molecular formula is C11H20N2O3. The zero-order valence-corrected chi connectivity index (χ0v) is 10.1. The van der Waals surface area contributed by atoms with Crippen LogP contribution in [0.15, 0.2) is 0 Å². The number of hydrogen-bond donors (Lipinski definition) is 2. The van der Waals surface area contributed by atoms with Crippen LogP contribution < -0.4 is 10.6 Å². The normalized spacial score (nSPS) is 23.7. The first kappa shape index (κ1) is 13.0. The minimum atomic E-state index is -0.242. The molecular weight excluding hydrogens is 208 g/mol. The number of rotatable bonds is 5. The number of nitrogens with one attached hydrogen (secondary N) is 2. The van der Waals surface area contributed by atoms with E-state index in [4.69, 9.17) is 4.74 Å². The standard InChI is InChI=1S/C11H20N2O3/c1-4-16-11(15)7(2)8(3)13-9-5-6-12-10(9)14/h7-9,13H,4-6H2,1-3H3,(H,12,14)/t7-,8-,9+/m1/s1. The minimum Gasteiger partial charge on any atom is -0.466 e. The Morgan fingerprint density at radius 2 is 2.31 bits per heavy atom. The summed E-state index contributed by atoms with van der Waals surface area (Å²) in [4.78, 5) is 22.8. The Labute approximate surface area is 95.9 Å². The molecule has 1 aliphatic rings. The third-order valence-electron chi connectivity index (χ3n) is 2.92. The maximum Gasteiger partial charge on any atom is 0.310 e. The summed E-state index contributed by atoms with van der Waals surface area (Å²) in [6.45, 7) is 6.58. The van der Waals surface area contributed by atoms with Crippen molar-refractivity contribution in [2.24, 2.45) is 5.92 Å². The van der Waals surface area contributed by atoms with Crippen molar-refractivity contribution in [3.8, 4) is 0 Å². The van der Waals surface area contributed by atoms with Crippen molar-refractivity contribution in [3.63, 3.8) is 0 Å². The highest BCUT2D eigenvalue weighted by atomic mass is 16.5. The third kappa shape index (κ3) is 3.20. The Kier molecular flexibility index (Phi) is 4.73. The molecule has 5 heteroatoms. The first-order chi connectivity index (χ1) is 7.56. The number of carbonyl (C=O) groups is 2. The average molecular weight is 228 g/mol. The SMILES string of the molecule is CCOC(=O)[C@H](C)[C@@H](C)N[C@H]1CCNC1=O. The van der Waals surface area contributed by atoms with Crippen molar-refractivity contribution in [2.75, 3.05) is 13.2 Å². The van der Waals surface area contributed by atoms with Crippen molar-refractivity contribution in [2.45, 2.75) is 39.3 Å². The zero-order chi connectivity index (χ0) is 12.1. The first-order valence-electron chi connectivity index (χ1n) is 5.76. The lowest BCUT2D eigenvalue weighted by molar-refractivity contribution is -0.148. The Morgan fingerprint density at radius 1 is 1.62 bits per heavy atom. The van der Waals surface area contributed by atoms with Crippen molar-refractivity contribution < 1.29 is 14.3 Å². The van der Waals surface area contributed by atoms with Gasteiger partial charge in [0.2, 0.25) is 5.91 Å². The summed E-state index contributed by atoms with van der Waals surface area (Å²) >= 11 is 0. The van der Waals surface area contributed by atoms with Gasteiger partial charge in [-0.25, -0.2) is 0 Å². The second-order valence-electron chi connectivity index (χ2n) is 4.13. The van der Waals surface area contributed by atoms with Crippen molar-refractivity contribution in [1.29, 1.82) is 0 Å². The van der Waals surface area contributed by atoms with Gasteiger partial charge in [0.1, 0.15) is 0 Å². The van der Waals surface area contributed by atoms with E-state index in [9.17, 15) is 9.59 Å². The molecule has 1 amide bonds. The lowest BCUT2D eigenvalue weighted by Crippen LogP contribution is -2.46. The highest BCUT2D eigenvalue weighted by molar-refractivity contribution is 5.83. The lowest BCUT2D eigenvalue weighted by atomic mass is 10.0. The summed E-state index contributed by atoms with van der Waals surface area (Å²) in [5.41, 5.74) is 0. The maximum atomic E-state index is 11.5. The third-order valence-corrected chi connectivity index (χ3v) is 2.92. The maximum absolute atomic E-state index is 11.5. The first-order valence-corrected chi connectivity index (χ1v) is 5.76. The molecule has 0 saturated carbocycles. The van der Waals surface area contributed by atoms with Gasteiger partial charge in [0.25, 0.3) is 0 Å². The van der Waals surface area contributed by atoms with E-state index in [1.165, 1.54) is 0 Å². The van der Waals surface area contributed by atoms with Gasteiger partial charge in [-0.2, -0.15) is 0 Å². The highest BCUT2D eigenvalue weighted by Gasteiger charge is 2.29. The molecule has 1 aliphatic heterocycles. The minimum absolute atomic E-state index is 0.0166. The van der Waals surface area contributed by atoms with Crippen molar-refractivity contribution in [3.05, 3.63) is 0 Å². The molecule has 0 radical (unpaired) electrons. The number of ether oxygens (including phenoxy) is 1. The molecule has 3 atom stereocenters. The quantitative estimate of drug-likeness (QED) is 0.653. The van der Waals surface area contributed by atoms with E-state index in [0.29, 0.717) is 13.2 Å². The molecule has 0 spiro atoms. The van der Waals surface area contributed by atoms with Crippen molar-refractivity contribution >= 4 is 11.9 Å². The van der Waals surface area contributed by atoms with Crippen LogP contribution in [0.5, 0.6) is 0 Å². The molecule has 0 aromatic rings. The Balaban J connectivity index is 2.41. The smallest absolute Gasteiger partial charge is 0.310 e. The van der Waals surface area contributed by atoms with Crippen LogP contribution in [0, 0.1) is 5.92 Å². The van der Waals surface area contributed by atoms with Crippen LogP contribution in [0.4, 0.5) is 0 Å². The monoisotopic (exact) mass is 228 g/mol. The van der Waals surface area contributed by atoms with Crippen LogP contribution in [0.3, 0.4) is 0 Å². The highest BCUT2D eigenvalue weighted by Crippen LogP contribution is 2.09. The topological polar surface area (TPSA) is 67.4 Å². The van der Waals surface area contributed by atoms with Crippen LogP contribution in [-0.2, 0) is 14.3 Å². The van der Waals surface area contributed by atoms with E-state index < -0.39 is 0 Å². The van der Waals surface area contributed by atoms with Gasteiger partial charge < -0.3 is 15.4 Å². The van der Waals surface area contributed by atoms with Gasteiger partial charge in [-0.3, -0.25) is 9.59 Å². The summed E-state index contributed by atoms with van der Waals surface area (Å²) in [7, 11) is 0. The summed E-state index contributed by atoms with van der Waals surface area (Å²) < 4.78 is 4.94. The predicted molar refractivity (Wildman–Crippen MR) is 59.8 cm³/mol. The second-order valence-corrected chi connectivity index (χ2v) is 4.13. The molecule has 1 rings (SSSR count). The van der Waals surface area contributed by atoms with Crippen molar-refractivity contribution in [1.82, 2.24) is 10.6 Å². The Morgan fingerprint density at radius 3 is 2.81 bits per heavy atom. The van der Waals surface area contributed by atoms with Gasteiger partial charge in [0, 0.05) is 12.6 Å². The number of carbonyl (C=O) groups excluding carboxylic acids is 2. The van der Waals surface area contributed by atoms with Crippen LogP contribution in [0.1, 0.15) is 27.2 Å². The van der Waals surface area contributed by atoms with Gasteiger partial charge in [0.15, 0.2) is 0 Å². The fourth-order valence-corrected chi connectivity index (χ4v) is 1.69. The molecule has 1 heterocycles. The van der Waals surface area contributed by atoms with Crippen LogP contribution >= 0.6 is 0 Å². The van der Waals surface area contributed by atoms with Crippen LogP contribution in [0.25, 0.3) is 0 Å². The van der Waals surface area contributed by atoms with Crippen LogP contribution in [-0.4, -0.2) is 37.1 Å². The predicted octanol–water partition coefficient (Wildman–Crippen LogP) is 0.0522.